The fourth-order valence-electron chi connectivity index (χ4n) is 5.30. The highest BCUT2D eigenvalue weighted by Crippen LogP contribution is 2.38. The number of nitrogens with zero attached hydrogens (tertiary/aromatic N) is 1. The van der Waals surface area contributed by atoms with Gasteiger partial charge in [0, 0.05) is 13.0 Å². The number of methoxy groups -OCH3 is 1. The normalized spacial score (nSPS) is 31.1. The maximum absolute atomic E-state index is 12.9. The third-order valence-electron chi connectivity index (χ3n) is 7.75. The lowest BCUT2D eigenvalue weighted by Gasteiger charge is -2.47. The summed E-state index contributed by atoms with van der Waals surface area (Å²) in [5.41, 5.74) is 6.38. The number of allylic oxidation sites excluding steroid dienone is 2. The summed E-state index contributed by atoms with van der Waals surface area (Å²) in [7, 11) is 4.13. The zero-order chi connectivity index (χ0) is 34.9. The second kappa shape index (κ2) is 16.9. The second-order valence-electron chi connectivity index (χ2n) is 10.7. The Hall–Kier alpha value is -3.69. The Morgan fingerprint density at radius 3 is 2.60 bits per heavy atom. The quantitative estimate of drug-likeness (QED) is 0.0274. The molecule has 0 aromatic carbocycles. The number of aliphatic imine (C=N–C) groups is 1. The first-order chi connectivity index (χ1) is 22.4. The molecule has 0 spiro atoms. The smallest absolute Gasteiger partial charge is 0.339 e. The van der Waals surface area contributed by atoms with Crippen LogP contribution in [0.2, 0.25) is 0 Å². The van der Waals surface area contributed by atoms with Crippen LogP contribution in [0, 0.1) is 11.8 Å². The van der Waals surface area contributed by atoms with Crippen molar-refractivity contribution >= 4 is 17.9 Å². The third-order valence-corrected chi connectivity index (χ3v) is 7.75. The number of carbonyl (C=O) groups excluding carboxylic acids is 1. The van der Waals surface area contributed by atoms with Gasteiger partial charge < -0.3 is 70.3 Å². The highest BCUT2D eigenvalue weighted by molar-refractivity contribution is 5.92. The van der Waals surface area contributed by atoms with Gasteiger partial charge in [-0.2, -0.15) is 0 Å². The van der Waals surface area contributed by atoms with Crippen LogP contribution in [0.25, 0.3) is 0 Å². The highest BCUT2D eigenvalue weighted by Gasteiger charge is 2.57. The molecule has 0 amide bonds. The summed E-state index contributed by atoms with van der Waals surface area (Å²) in [4.78, 5) is 29.6. The molecule has 3 rings (SSSR count). The van der Waals surface area contributed by atoms with Crippen molar-refractivity contribution < 1.29 is 68.8 Å². The molecule has 1 saturated heterocycles. The van der Waals surface area contributed by atoms with Crippen LogP contribution in [-0.2, 0) is 33.3 Å². The van der Waals surface area contributed by atoms with Crippen molar-refractivity contribution in [2.24, 2.45) is 22.6 Å². The molecule has 8 atom stereocenters. The number of ether oxygens (including phenoxy) is 5. The van der Waals surface area contributed by atoms with Crippen LogP contribution in [0.1, 0.15) is 0 Å². The van der Waals surface area contributed by atoms with Crippen molar-refractivity contribution in [1.82, 2.24) is 10.6 Å². The number of aliphatic carboxylic acids is 1. The number of rotatable bonds is 14. The lowest BCUT2D eigenvalue weighted by atomic mass is 9.83. The molecule has 262 valence electrons. The predicted octanol–water partition coefficient (Wildman–Crippen LogP) is -4.64. The van der Waals surface area contributed by atoms with Crippen molar-refractivity contribution in [3.05, 3.63) is 59.7 Å². The van der Waals surface area contributed by atoms with Crippen LogP contribution in [0.15, 0.2) is 64.7 Å². The van der Waals surface area contributed by atoms with Gasteiger partial charge in [0.05, 0.1) is 56.1 Å². The van der Waals surface area contributed by atoms with Crippen molar-refractivity contribution in [1.29, 1.82) is 0 Å². The molecule has 18 heteroatoms. The van der Waals surface area contributed by atoms with Gasteiger partial charge >= 0.3 is 11.9 Å². The lowest BCUT2D eigenvalue weighted by molar-refractivity contribution is -0.843. The van der Waals surface area contributed by atoms with E-state index in [1.54, 1.807) is 18.4 Å². The first-order valence-electron chi connectivity index (χ1n) is 14.6. The number of hydrogen-bond donors (Lipinski definition) is 10. The van der Waals surface area contributed by atoms with Crippen molar-refractivity contribution in [2.45, 2.75) is 36.7 Å². The molecule has 0 aromatic rings. The Kier molecular flexibility index (Phi) is 13.6. The summed E-state index contributed by atoms with van der Waals surface area (Å²) in [6.07, 6.45) is -0.751. The fourth-order valence-corrected chi connectivity index (χ4v) is 5.30. The van der Waals surface area contributed by atoms with Crippen LogP contribution >= 0.6 is 0 Å². The SMILES string of the molecule is C=CC1C(OC2OC(CO)C(O)C(O)(O)C2OCNC)OC=C(C(=O)OC)C1C=CC1=C[NH+](CCO)CC(C(=O)O)=C1NC(N)=NC. The maximum Gasteiger partial charge on any atom is 0.339 e. The number of carbonyl (C=O) groups is 2. The van der Waals surface area contributed by atoms with E-state index in [1.165, 1.54) is 27.3 Å². The monoisotopic (exact) mass is 670 g/mol. The topological polar surface area (TPSA) is 269 Å². The van der Waals surface area contributed by atoms with E-state index < -0.39 is 67.1 Å². The van der Waals surface area contributed by atoms with E-state index in [2.05, 4.69) is 22.2 Å². The van der Waals surface area contributed by atoms with E-state index in [0.717, 1.165) is 6.26 Å². The maximum atomic E-state index is 12.9. The van der Waals surface area contributed by atoms with Gasteiger partial charge in [-0.05, 0) is 7.05 Å². The summed E-state index contributed by atoms with van der Waals surface area (Å²) in [5.74, 6) is -6.73. The number of quaternary nitrogens is 1. The number of carboxylic acid groups (broad SMARTS) is 1. The molecule has 0 aliphatic carbocycles. The van der Waals surface area contributed by atoms with E-state index in [4.69, 9.17) is 29.4 Å². The zero-order valence-corrected chi connectivity index (χ0v) is 26.2. The fraction of sp³-hybridized carbons (Fsp3) is 0.552. The molecule has 0 aromatic heterocycles. The number of carboxylic acids is 1. The molecule has 0 bridgehead atoms. The molecule has 47 heavy (non-hydrogen) atoms. The number of nitrogens with one attached hydrogen (secondary N) is 3. The summed E-state index contributed by atoms with van der Waals surface area (Å²) in [6, 6.07) is 0. The minimum absolute atomic E-state index is 0.0290. The van der Waals surface area contributed by atoms with Gasteiger partial charge in [-0.1, -0.05) is 18.2 Å². The summed E-state index contributed by atoms with van der Waals surface area (Å²) < 4.78 is 27.8. The number of nitrogens with two attached hydrogens (primary N) is 1. The molecule has 11 N–H and O–H groups in total. The van der Waals surface area contributed by atoms with Crippen LogP contribution in [-0.4, -0.2) is 139 Å². The van der Waals surface area contributed by atoms with Gasteiger partial charge in [-0.25, -0.2) is 9.59 Å². The molecule has 3 heterocycles. The van der Waals surface area contributed by atoms with Gasteiger partial charge in [0.2, 0.25) is 12.1 Å². The molecular weight excluding hydrogens is 626 g/mol. The highest BCUT2D eigenvalue weighted by atomic mass is 16.8. The van der Waals surface area contributed by atoms with E-state index in [9.17, 15) is 40.2 Å². The van der Waals surface area contributed by atoms with Gasteiger partial charge in [-0.15, -0.1) is 6.58 Å². The van der Waals surface area contributed by atoms with Crippen molar-refractivity contribution in [3.8, 4) is 0 Å². The van der Waals surface area contributed by atoms with Gasteiger partial charge in [-0.3, -0.25) is 10.3 Å². The predicted molar refractivity (Wildman–Crippen MR) is 161 cm³/mol. The second-order valence-corrected chi connectivity index (χ2v) is 10.7. The summed E-state index contributed by atoms with van der Waals surface area (Å²) in [6.45, 7) is 2.87. The molecule has 3 aliphatic rings. The number of hydrogen-bond acceptors (Lipinski definition) is 14. The molecular formula is C29H44N5O13+. The summed E-state index contributed by atoms with van der Waals surface area (Å²) >= 11 is 0. The Labute approximate surface area is 270 Å². The van der Waals surface area contributed by atoms with Crippen LogP contribution in [0.3, 0.4) is 0 Å². The largest absolute Gasteiger partial charge is 0.478 e. The van der Waals surface area contributed by atoms with Crippen molar-refractivity contribution in [3.63, 3.8) is 0 Å². The van der Waals surface area contributed by atoms with E-state index in [-0.39, 0.29) is 49.2 Å². The molecule has 8 unspecified atom stereocenters. The Balaban J connectivity index is 2.05. The summed E-state index contributed by atoms with van der Waals surface area (Å²) in [5, 5.41) is 66.6. The molecule has 0 saturated carbocycles. The zero-order valence-electron chi connectivity index (χ0n) is 26.2. The van der Waals surface area contributed by atoms with Crippen LogP contribution in [0.4, 0.5) is 0 Å². The van der Waals surface area contributed by atoms with Gasteiger partial charge in [0.1, 0.15) is 37.1 Å². The lowest BCUT2D eigenvalue weighted by Crippen LogP contribution is -3.09. The molecule has 18 nitrogen and oxygen atoms in total. The Morgan fingerprint density at radius 1 is 1.30 bits per heavy atom. The molecule has 3 aliphatic heterocycles. The first-order valence-corrected chi connectivity index (χ1v) is 14.6. The number of guanidine groups is 1. The van der Waals surface area contributed by atoms with E-state index in [0.29, 0.717) is 10.5 Å². The molecule has 1 fully saturated rings. The van der Waals surface area contributed by atoms with Gasteiger partial charge in [0.25, 0.3) is 0 Å². The number of aliphatic hydroxyl groups excluding tert-OH is 3. The number of esters is 1. The molecule has 0 radical (unpaired) electrons. The van der Waals surface area contributed by atoms with E-state index in [1.807, 2.05) is 0 Å². The minimum atomic E-state index is -2.92. The number of aliphatic hydroxyl groups is 5. The van der Waals surface area contributed by atoms with Gasteiger partial charge in [0.15, 0.2) is 18.4 Å². The van der Waals surface area contributed by atoms with Crippen LogP contribution < -0.4 is 21.3 Å². The Bertz CT molecular complexity index is 1300. The minimum Gasteiger partial charge on any atom is -0.478 e. The van der Waals surface area contributed by atoms with Crippen molar-refractivity contribution in [2.75, 3.05) is 54.2 Å². The third kappa shape index (κ3) is 8.62. The standard InChI is InChI=1S/C29H43N5O13/c1-5-16-17(7-6-15-10-34(8-9-35)11-18(24(38)39)21(15)33-28(30)32-3)19(25(40)43-4)13-44-26(16)47-27-23(45-14-31-2)29(41,42)22(37)20(12-36)46-27/h5-7,10,13,16-17,20,22-23,26-27,31,35-37,41-42H,1,8-9,11-12,14H2,2-4H3,(H,38,39)(H3,30,32,33)/p+1. The Morgan fingerprint density at radius 2 is 2.02 bits per heavy atom. The first kappa shape index (κ1) is 37.8. The average Bonchev–Trinajstić information content (AvgIpc) is 3.05. The average molecular weight is 671 g/mol. The van der Waals surface area contributed by atoms with E-state index >= 15 is 0 Å². The van der Waals surface area contributed by atoms with Crippen LogP contribution in [0.5, 0.6) is 0 Å².